The number of likely N-dealkylation sites (tertiary alicyclic amines) is 1. The normalized spacial score (nSPS) is 27.6. The first-order chi connectivity index (χ1) is 17.2. The second-order valence-corrected chi connectivity index (χ2v) is 9.90. The Kier molecular flexibility index (Phi) is 4.88. The summed E-state index contributed by atoms with van der Waals surface area (Å²) in [5.41, 5.74) is 2.28. The van der Waals surface area contributed by atoms with Crippen LogP contribution >= 0.6 is 0 Å². The van der Waals surface area contributed by atoms with Crippen molar-refractivity contribution in [2.75, 3.05) is 12.1 Å². The SMILES string of the molecule is Cc1cc(C)c2c(c1)[C@]1(N[C@@H](CCC(=O)O)[C@H]3C(=O)N(Cc4ccc5c(c4)OCO5)C(=O)[C@H]31)C(=O)N2. The first kappa shape index (κ1) is 22.5. The monoisotopic (exact) mass is 491 g/mol. The van der Waals surface area contributed by atoms with Gasteiger partial charge in [0.15, 0.2) is 11.5 Å². The van der Waals surface area contributed by atoms with E-state index >= 15 is 0 Å². The summed E-state index contributed by atoms with van der Waals surface area (Å²) in [5.74, 6) is -2.97. The number of anilines is 1. The summed E-state index contributed by atoms with van der Waals surface area (Å²) in [6.07, 6.45) is -0.0789. The van der Waals surface area contributed by atoms with Crippen LogP contribution in [-0.2, 0) is 31.3 Å². The van der Waals surface area contributed by atoms with Gasteiger partial charge in [-0.05, 0) is 43.5 Å². The number of rotatable bonds is 5. The number of carbonyl (C=O) groups is 4. The smallest absolute Gasteiger partial charge is 0.303 e. The lowest BCUT2D eigenvalue weighted by Gasteiger charge is -2.30. The molecular weight excluding hydrogens is 466 g/mol. The summed E-state index contributed by atoms with van der Waals surface area (Å²) in [5, 5.41) is 15.5. The molecule has 0 aliphatic carbocycles. The van der Waals surface area contributed by atoms with Crippen molar-refractivity contribution in [2.45, 2.75) is 44.8 Å². The van der Waals surface area contributed by atoms with Crippen LogP contribution in [0.5, 0.6) is 11.5 Å². The largest absolute Gasteiger partial charge is 0.481 e. The number of benzene rings is 2. The van der Waals surface area contributed by atoms with Crippen molar-refractivity contribution in [1.82, 2.24) is 10.2 Å². The number of carboxylic acids is 1. The predicted octanol–water partition coefficient (Wildman–Crippen LogP) is 1.82. The maximum absolute atomic E-state index is 13.9. The Labute approximate surface area is 206 Å². The van der Waals surface area contributed by atoms with Crippen LogP contribution in [0.25, 0.3) is 0 Å². The van der Waals surface area contributed by atoms with Crippen LogP contribution in [-0.4, -0.2) is 46.5 Å². The summed E-state index contributed by atoms with van der Waals surface area (Å²) in [7, 11) is 0. The van der Waals surface area contributed by atoms with Gasteiger partial charge in [0.2, 0.25) is 24.5 Å². The van der Waals surface area contributed by atoms with E-state index < -0.39 is 47.1 Å². The topological polar surface area (TPSA) is 134 Å². The summed E-state index contributed by atoms with van der Waals surface area (Å²) in [4.78, 5) is 53.8. The lowest BCUT2D eigenvalue weighted by molar-refractivity contribution is -0.144. The molecule has 10 heteroatoms. The van der Waals surface area contributed by atoms with Crippen molar-refractivity contribution >= 4 is 29.4 Å². The van der Waals surface area contributed by atoms with Crippen molar-refractivity contribution in [3.8, 4) is 11.5 Å². The molecule has 1 spiro atoms. The van der Waals surface area contributed by atoms with Crippen molar-refractivity contribution in [3.05, 3.63) is 52.6 Å². The molecule has 36 heavy (non-hydrogen) atoms. The minimum absolute atomic E-state index is 0.0182. The minimum Gasteiger partial charge on any atom is -0.481 e. The zero-order chi connectivity index (χ0) is 25.4. The number of nitrogens with zero attached hydrogens (tertiary/aromatic N) is 1. The number of aryl methyl sites for hydroxylation is 2. The van der Waals surface area contributed by atoms with Gasteiger partial charge in [0.25, 0.3) is 0 Å². The minimum atomic E-state index is -1.45. The highest BCUT2D eigenvalue weighted by Gasteiger charge is 2.70. The number of hydrogen-bond donors (Lipinski definition) is 3. The molecule has 2 fully saturated rings. The van der Waals surface area contributed by atoms with Gasteiger partial charge in [-0.15, -0.1) is 0 Å². The zero-order valence-corrected chi connectivity index (χ0v) is 19.8. The van der Waals surface area contributed by atoms with Crippen LogP contribution in [0.1, 0.15) is 35.1 Å². The fourth-order valence-electron chi connectivity index (χ4n) is 6.22. The molecule has 0 aromatic heterocycles. The van der Waals surface area contributed by atoms with E-state index in [0.29, 0.717) is 28.3 Å². The van der Waals surface area contributed by atoms with Crippen LogP contribution in [0.3, 0.4) is 0 Å². The molecule has 0 bridgehead atoms. The molecule has 6 rings (SSSR count). The van der Waals surface area contributed by atoms with Gasteiger partial charge in [0, 0.05) is 23.7 Å². The van der Waals surface area contributed by atoms with E-state index in [9.17, 15) is 24.3 Å². The molecular formula is C26H25N3O7. The fourth-order valence-corrected chi connectivity index (χ4v) is 6.22. The average Bonchev–Trinajstić information content (AvgIpc) is 3.55. The highest BCUT2D eigenvalue weighted by atomic mass is 16.7. The third kappa shape index (κ3) is 3.07. The number of aliphatic carboxylic acids is 1. The van der Waals surface area contributed by atoms with Crippen LogP contribution in [0.2, 0.25) is 0 Å². The standard InChI is InChI=1S/C26H25N3O7/c1-12-7-13(2)22-15(8-12)26(25(34)27-22)21-20(16(28-26)4-6-19(30)31)23(32)29(24(21)33)10-14-3-5-17-18(9-14)36-11-35-17/h3,5,7-9,16,20-21,28H,4,6,10-11H2,1-2H3,(H,27,34)(H,30,31)/t16-,20+,21-,26+/m0/s1. The third-order valence-corrected chi connectivity index (χ3v) is 7.70. The third-order valence-electron chi connectivity index (χ3n) is 7.70. The van der Waals surface area contributed by atoms with Crippen LogP contribution in [0.15, 0.2) is 30.3 Å². The molecule has 186 valence electrons. The van der Waals surface area contributed by atoms with E-state index in [1.165, 1.54) is 4.90 Å². The Morgan fingerprint density at radius 1 is 1.11 bits per heavy atom. The van der Waals surface area contributed by atoms with Crippen LogP contribution in [0, 0.1) is 25.7 Å². The quantitative estimate of drug-likeness (QED) is 0.540. The molecule has 0 unspecified atom stereocenters. The summed E-state index contributed by atoms with van der Waals surface area (Å²) in [6, 6.07) is 8.39. The Balaban J connectivity index is 1.42. The average molecular weight is 492 g/mol. The molecule has 10 nitrogen and oxygen atoms in total. The lowest BCUT2D eigenvalue weighted by Crippen LogP contribution is -2.53. The first-order valence-corrected chi connectivity index (χ1v) is 11.9. The van der Waals surface area contributed by atoms with E-state index in [-0.39, 0.29) is 26.2 Å². The number of carbonyl (C=O) groups excluding carboxylic acids is 3. The van der Waals surface area contributed by atoms with Gasteiger partial charge < -0.3 is 19.9 Å². The summed E-state index contributed by atoms with van der Waals surface area (Å²) in [6.45, 7) is 3.92. The van der Waals surface area contributed by atoms with Crippen LogP contribution < -0.4 is 20.1 Å². The van der Waals surface area contributed by atoms with Gasteiger partial charge in [-0.2, -0.15) is 0 Å². The van der Waals surface area contributed by atoms with E-state index in [4.69, 9.17) is 9.47 Å². The Hall–Kier alpha value is -3.92. The zero-order valence-electron chi connectivity index (χ0n) is 19.8. The van der Waals surface area contributed by atoms with Gasteiger partial charge in [-0.25, -0.2) is 0 Å². The molecule has 4 heterocycles. The highest BCUT2D eigenvalue weighted by Crippen LogP contribution is 2.54. The van der Waals surface area contributed by atoms with Crippen molar-refractivity contribution < 1.29 is 33.8 Å². The molecule has 3 amide bonds. The van der Waals surface area contributed by atoms with Crippen LogP contribution in [0.4, 0.5) is 5.69 Å². The predicted molar refractivity (Wildman–Crippen MR) is 125 cm³/mol. The number of amides is 3. The van der Waals surface area contributed by atoms with Gasteiger partial charge >= 0.3 is 5.97 Å². The molecule has 3 N–H and O–H groups in total. The fraction of sp³-hybridized carbons (Fsp3) is 0.385. The van der Waals surface area contributed by atoms with Crippen molar-refractivity contribution in [1.29, 1.82) is 0 Å². The molecule has 4 aliphatic heterocycles. The van der Waals surface area contributed by atoms with Gasteiger partial charge in [0.05, 0.1) is 18.4 Å². The van der Waals surface area contributed by atoms with E-state index in [1.54, 1.807) is 18.2 Å². The van der Waals surface area contributed by atoms with E-state index in [1.807, 2.05) is 26.0 Å². The molecule has 2 saturated heterocycles. The maximum atomic E-state index is 13.9. The van der Waals surface area contributed by atoms with E-state index in [0.717, 1.165) is 11.1 Å². The second-order valence-electron chi connectivity index (χ2n) is 9.90. The second kappa shape index (κ2) is 7.79. The number of imide groups is 1. The van der Waals surface area contributed by atoms with Gasteiger partial charge in [-0.1, -0.05) is 23.8 Å². The number of nitrogens with one attached hydrogen (secondary N) is 2. The molecule has 0 radical (unpaired) electrons. The molecule has 4 atom stereocenters. The maximum Gasteiger partial charge on any atom is 0.303 e. The molecule has 4 aliphatic rings. The summed E-state index contributed by atoms with van der Waals surface area (Å²) < 4.78 is 10.8. The number of ether oxygens (including phenoxy) is 2. The molecule has 2 aromatic carbocycles. The Morgan fingerprint density at radius 2 is 1.89 bits per heavy atom. The van der Waals surface area contributed by atoms with Gasteiger partial charge in [-0.3, -0.25) is 29.4 Å². The number of fused-ring (bicyclic) bond motifs is 5. The van der Waals surface area contributed by atoms with Crippen molar-refractivity contribution in [3.63, 3.8) is 0 Å². The molecule has 0 saturated carbocycles. The Bertz CT molecular complexity index is 1360. The first-order valence-electron chi connectivity index (χ1n) is 11.9. The summed E-state index contributed by atoms with van der Waals surface area (Å²) >= 11 is 0. The van der Waals surface area contributed by atoms with Gasteiger partial charge in [0.1, 0.15) is 5.54 Å². The number of hydrogen-bond acceptors (Lipinski definition) is 7. The number of carboxylic acid groups (broad SMARTS) is 1. The van der Waals surface area contributed by atoms with E-state index in [2.05, 4.69) is 10.6 Å². The van der Waals surface area contributed by atoms with Crippen molar-refractivity contribution in [2.24, 2.45) is 11.8 Å². The Morgan fingerprint density at radius 3 is 2.67 bits per heavy atom. The highest BCUT2D eigenvalue weighted by molar-refractivity contribution is 6.15. The molecule has 2 aromatic rings. The lowest BCUT2D eigenvalue weighted by atomic mass is 9.75.